The van der Waals surface area contributed by atoms with Gasteiger partial charge in [-0.1, -0.05) is 30.3 Å². The number of aromatic nitrogens is 1. The molecule has 7 nitrogen and oxygen atoms in total. The summed E-state index contributed by atoms with van der Waals surface area (Å²) in [6, 6.07) is 11.8. The third kappa shape index (κ3) is 3.55. The molecule has 0 aliphatic carbocycles. The molecule has 1 amide bonds. The zero-order valence-electron chi connectivity index (χ0n) is 19.6. The molecule has 4 rings (SSSR count). The first kappa shape index (κ1) is 17.4. The molecule has 160 valence electrons. The lowest BCUT2D eigenvalue weighted by molar-refractivity contribution is -0.154. The quantitative estimate of drug-likeness (QED) is 0.494. The first-order valence-corrected chi connectivity index (χ1v) is 10.1. The summed E-state index contributed by atoms with van der Waals surface area (Å²) in [5, 5.41) is 0.846. The van der Waals surface area contributed by atoms with E-state index in [2.05, 4.69) is 4.98 Å². The van der Waals surface area contributed by atoms with Crippen LogP contribution in [0.5, 0.6) is 0 Å². The maximum absolute atomic E-state index is 13.0. The van der Waals surface area contributed by atoms with Crippen molar-refractivity contribution in [3.63, 3.8) is 0 Å². The number of fused-ring (bicyclic) bond motifs is 3. The van der Waals surface area contributed by atoms with E-state index in [0.29, 0.717) is 16.8 Å². The van der Waals surface area contributed by atoms with Gasteiger partial charge in [-0.25, -0.2) is 9.59 Å². The van der Waals surface area contributed by atoms with Crippen molar-refractivity contribution in [2.24, 2.45) is 0 Å². The summed E-state index contributed by atoms with van der Waals surface area (Å²) in [6.45, 7) is 0. The van der Waals surface area contributed by atoms with Gasteiger partial charge in [0.05, 0.1) is 29.9 Å². The Morgan fingerprint density at radius 3 is 2.58 bits per heavy atom. The van der Waals surface area contributed by atoms with E-state index in [0.717, 1.165) is 16.5 Å². The van der Waals surface area contributed by atoms with E-state index in [1.54, 1.807) is 24.3 Å². The number of hydrogen-bond donors (Lipinski definition) is 1. The van der Waals surface area contributed by atoms with Gasteiger partial charge >= 0.3 is 11.9 Å². The Morgan fingerprint density at radius 1 is 1.16 bits per heavy atom. The molecule has 0 saturated heterocycles. The topological polar surface area (TPSA) is 88.7 Å². The molecule has 1 N–H and O–H groups in total. The second-order valence-corrected chi connectivity index (χ2v) is 7.42. The molecular weight excluding hydrogens is 420 g/mol. The van der Waals surface area contributed by atoms with Crippen LogP contribution in [0.3, 0.4) is 0 Å². The minimum absolute atomic E-state index is 0.0492. The number of esters is 2. The number of hydrogen-bond acceptors (Lipinski definition) is 5. The van der Waals surface area contributed by atoms with Gasteiger partial charge in [0.1, 0.15) is 11.9 Å². The van der Waals surface area contributed by atoms with E-state index in [1.807, 2.05) is 24.3 Å². The zero-order chi connectivity index (χ0) is 24.6. The molecule has 1 aromatic heterocycles. The van der Waals surface area contributed by atoms with Gasteiger partial charge in [0, 0.05) is 23.0 Å². The fraction of sp³-hybridized carbons (Fsp3) is 0.261. The first-order chi connectivity index (χ1) is 16.1. The highest BCUT2D eigenvalue weighted by atomic mass is 35.5. The number of nitrogens with one attached hydrogen (secondary N) is 1. The Labute approximate surface area is 188 Å². The number of amides is 1. The van der Waals surface area contributed by atoms with Crippen LogP contribution >= 0.6 is 11.6 Å². The summed E-state index contributed by atoms with van der Waals surface area (Å²) in [6.07, 6.45) is 0.0492. The molecule has 0 fully saturated rings. The molecule has 3 aromatic rings. The minimum Gasteiger partial charge on any atom is -0.467 e. The normalized spacial score (nSPS) is 19.7. The molecule has 2 atom stereocenters. The van der Waals surface area contributed by atoms with E-state index in [-0.39, 0.29) is 6.42 Å². The Balaban J connectivity index is 1.90. The second kappa shape index (κ2) is 8.43. The molecule has 1 aliphatic rings. The maximum atomic E-state index is 13.0. The molecule has 0 saturated carbocycles. The van der Waals surface area contributed by atoms with Gasteiger partial charge in [0.25, 0.3) is 0 Å². The highest BCUT2D eigenvalue weighted by molar-refractivity contribution is 6.27. The summed E-state index contributed by atoms with van der Waals surface area (Å²) in [5.41, 5.74) is 3.14. The molecule has 0 unspecified atom stereocenters. The molecule has 0 bridgehead atoms. The molecule has 2 aromatic carbocycles. The number of aromatic amines is 1. The lowest BCUT2D eigenvalue weighted by atomic mass is 9.87. The third-order valence-electron chi connectivity index (χ3n) is 5.55. The van der Waals surface area contributed by atoms with Gasteiger partial charge in [0.15, 0.2) is 0 Å². The van der Waals surface area contributed by atoms with Gasteiger partial charge in [-0.05, 0) is 29.3 Å². The SMILES string of the molecule is [2H]C([2H])([2H])OC(=O)[C@H]1Cc2c([nH]c3ccccc23)[C@H](c2ccc(C(=O)OC)cc2)N1C(=O)CCl. The van der Waals surface area contributed by atoms with Gasteiger partial charge in [-0.2, -0.15) is 0 Å². The average molecular weight is 444 g/mol. The summed E-state index contributed by atoms with van der Waals surface area (Å²) in [5.74, 6) is -2.57. The molecule has 0 radical (unpaired) electrons. The van der Waals surface area contributed by atoms with Crippen molar-refractivity contribution in [3.05, 3.63) is 70.9 Å². The van der Waals surface area contributed by atoms with Crippen molar-refractivity contribution in [3.8, 4) is 0 Å². The van der Waals surface area contributed by atoms with Gasteiger partial charge in [-0.15, -0.1) is 11.6 Å². The lowest BCUT2D eigenvalue weighted by Gasteiger charge is -2.40. The van der Waals surface area contributed by atoms with Gasteiger partial charge in [0.2, 0.25) is 5.91 Å². The Kier molecular flexibility index (Phi) is 4.72. The summed E-state index contributed by atoms with van der Waals surface area (Å²) in [4.78, 5) is 42.5. The van der Waals surface area contributed by atoms with Crippen molar-refractivity contribution in [2.45, 2.75) is 18.5 Å². The maximum Gasteiger partial charge on any atom is 0.337 e. The number of methoxy groups -OCH3 is 2. The smallest absolute Gasteiger partial charge is 0.337 e. The predicted octanol–water partition coefficient (Wildman–Crippen LogP) is 3.21. The number of nitrogens with zero attached hydrogens (tertiary/aromatic N) is 1. The van der Waals surface area contributed by atoms with Crippen LogP contribution in [0, 0.1) is 0 Å². The summed E-state index contributed by atoms with van der Waals surface area (Å²) < 4.78 is 31.5. The van der Waals surface area contributed by atoms with Crippen molar-refractivity contribution in [2.75, 3.05) is 20.0 Å². The van der Waals surface area contributed by atoms with Crippen LogP contribution in [0.1, 0.15) is 37.3 Å². The van der Waals surface area contributed by atoms with Crippen LogP contribution in [0.15, 0.2) is 48.5 Å². The van der Waals surface area contributed by atoms with E-state index in [9.17, 15) is 14.4 Å². The summed E-state index contributed by atoms with van der Waals surface area (Å²) >= 11 is 5.91. The van der Waals surface area contributed by atoms with Crippen molar-refractivity contribution < 1.29 is 28.0 Å². The van der Waals surface area contributed by atoms with Crippen molar-refractivity contribution in [1.29, 1.82) is 0 Å². The van der Waals surface area contributed by atoms with Crippen LogP contribution in [-0.4, -0.2) is 53.8 Å². The lowest BCUT2D eigenvalue weighted by Crippen LogP contribution is -2.52. The Morgan fingerprint density at radius 2 is 1.90 bits per heavy atom. The van der Waals surface area contributed by atoms with Crippen molar-refractivity contribution in [1.82, 2.24) is 9.88 Å². The number of alkyl halides is 1. The number of halogens is 1. The fourth-order valence-corrected chi connectivity index (χ4v) is 4.32. The third-order valence-corrected chi connectivity index (χ3v) is 5.78. The van der Waals surface area contributed by atoms with E-state index in [1.165, 1.54) is 12.0 Å². The molecule has 1 aliphatic heterocycles. The highest BCUT2D eigenvalue weighted by Gasteiger charge is 2.43. The predicted molar refractivity (Wildman–Crippen MR) is 115 cm³/mol. The highest BCUT2D eigenvalue weighted by Crippen LogP contribution is 2.41. The number of carbonyl (C=O) groups is 3. The number of para-hydroxylation sites is 1. The van der Waals surface area contributed by atoms with E-state index < -0.39 is 42.8 Å². The average Bonchev–Trinajstić information content (AvgIpc) is 3.19. The van der Waals surface area contributed by atoms with Gasteiger partial charge in [-0.3, -0.25) is 4.79 Å². The Bertz CT molecular complexity index is 1260. The fourth-order valence-electron chi connectivity index (χ4n) is 4.18. The molecule has 8 heteroatoms. The van der Waals surface area contributed by atoms with Crippen LogP contribution in [0.25, 0.3) is 10.9 Å². The van der Waals surface area contributed by atoms with Crippen LogP contribution in [-0.2, 0) is 25.5 Å². The van der Waals surface area contributed by atoms with Gasteiger partial charge < -0.3 is 19.4 Å². The van der Waals surface area contributed by atoms with E-state index >= 15 is 0 Å². The standard InChI is InChI=1S/C23H21ClN2O5/c1-30-22(28)14-9-7-13(8-10-14)21-20-16(15-5-3-4-6-17(15)25-20)11-18(23(29)31-2)26(21)19(27)12-24/h3-10,18,21,25H,11-12H2,1-2H3/t18-,21+/m1/s1/i2D3. The molecule has 31 heavy (non-hydrogen) atoms. The number of H-pyrrole nitrogens is 1. The molecular formula is C23H21ClN2O5. The van der Waals surface area contributed by atoms with Crippen LogP contribution < -0.4 is 0 Å². The number of ether oxygens (including phenoxy) is 2. The summed E-state index contributed by atoms with van der Waals surface area (Å²) in [7, 11) is -1.69. The Hall–Kier alpha value is -3.32. The second-order valence-electron chi connectivity index (χ2n) is 7.15. The number of carbonyl (C=O) groups excluding carboxylic acids is 3. The molecule has 2 heterocycles. The molecule has 0 spiro atoms. The largest absolute Gasteiger partial charge is 0.467 e. The van der Waals surface area contributed by atoms with Crippen LogP contribution in [0.4, 0.5) is 0 Å². The van der Waals surface area contributed by atoms with Crippen molar-refractivity contribution >= 4 is 40.3 Å². The number of rotatable bonds is 4. The monoisotopic (exact) mass is 443 g/mol. The minimum atomic E-state index is -2.97. The van der Waals surface area contributed by atoms with Crippen LogP contribution in [0.2, 0.25) is 0 Å². The van der Waals surface area contributed by atoms with E-state index in [4.69, 9.17) is 25.2 Å². The zero-order valence-corrected chi connectivity index (χ0v) is 17.3. The first-order valence-electron chi connectivity index (χ1n) is 11.0. The number of benzene rings is 2.